The van der Waals surface area contributed by atoms with Gasteiger partial charge in [-0.15, -0.1) is 0 Å². The highest BCUT2D eigenvalue weighted by molar-refractivity contribution is 5.48. The third-order valence-corrected chi connectivity index (χ3v) is 3.19. The maximum absolute atomic E-state index is 13.7. The Morgan fingerprint density at radius 1 is 0.947 bits per heavy atom. The van der Waals surface area contributed by atoms with Gasteiger partial charge < -0.3 is 5.32 Å². The molecule has 0 aliphatic rings. The zero-order valence-electron chi connectivity index (χ0n) is 11.3. The molecule has 0 bridgehead atoms. The third kappa shape index (κ3) is 3.11. The van der Waals surface area contributed by atoms with Gasteiger partial charge in [-0.3, -0.25) is 0 Å². The fraction of sp³-hybridized carbons (Fsp3) is 0.250. The van der Waals surface area contributed by atoms with E-state index in [0.29, 0.717) is 11.3 Å². The van der Waals surface area contributed by atoms with E-state index in [9.17, 15) is 8.78 Å². The summed E-state index contributed by atoms with van der Waals surface area (Å²) in [5.41, 5.74) is 2.71. The van der Waals surface area contributed by atoms with E-state index in [2.05, 4.69) is 5.32 Å². The fourth-order valence-corrected chi connectivity index (χ4v) is 1.93. The minimum Gasteiger partial charge on any atom is -0.376 e. The summed E-state index contributed by atoms with van der Waals surface area (Å²) in [6.45, 7) is 5.44. The molecule has 1 atom stereocenters. The summed E-state index contributed by atoms with van der Waals surface area (Å²) in [5, 5.41) is 3.06. The molecular weight excluding hydrogens is 244 g/mol. The minimum absolute atomic E-state index is 0.160. The lowest BCUT2D eigenvalue weighted by molar-refractivity contribution is 0.613. The van der Waals surface area contributed by atoms with E-state index in [-0.39, 0.29) is 17.7 Å². The van der Waals surface area contributed by atoms with Gasteiger partial charge in [0.25, 0.3) is 0 Å². The molecule has 1 N–H and O–H groups in total. The Bertz CT molecular complexity index is 593. The Hall–Kier alpha value is -1.90. The number of halogens is 2. The Kier molecular flexibility index (Phi) is 3.84. The van der Waals surface area contributed by atoms with Gasteiger partial charge in [-0.1, -0.05) is 18.2 Å². The molecule has 0 fully saturated rings. The van der Waals surface area contributed by atoms with Gasteiger partial charge in [-0.2, -0.15) is 0 Å². The molecule has 100 valence electrons. The lowest BCUT2D eigenvalue weighted by Crippen LogP contribution is -2.08. The standard InChI is InChI=1S/C16H17F2N/c1-10-4-7-16(15(18)8-10)19-12(3)13-6-5-11(2)14(17)9-13/h4-9,12,19H,1-3H3. The van der Waals surface area contributed by atoms with Crippen LogP contribution in [0.25, 0.3) is 0 Å². The van der Waals surface area contributed by atoms with Gasteiger partial charge in [-0.05, 0) is 55.7 Å². The van der Waals surface area contributed by atoms with Crippen LogP contribution in [0.5, 0.6) is 0 Å². The van der Waals surface area contributed by atoms with Crippen LogP contribution in [0.15, 0.2) is 36.4 Å². The van der Waals surface area contributed by atoms with Crippen molar-refractivity contribution < 1.29 is 8.78 Å². The molecule has 2 rings (SSSR count). The highest BCUT2D eigenvalue weighted by Crippen LogP contribution is 2.23. The molecule has 0 aliphatic heterocycles. The molecule has 0 amide bonds. The number of anilines is 1. The summed E-state index contributed by atoms with van der Waals surface area (Å²) >= 11 is 0. The molecule has 0 saturated carbocycles. The second-order valence-electron chi connectivity index (χ2n) is 4.86. The largest absolute Gasteiger partial charge is 0.376 e. The van der Waals surface area contributed by atoms with Crippen LogP contribution in [0.2, 0.25) is 0 Å². The van der Waals surface area contributed by atoms with Crippen molar-refractivity contribution in [1.82, 2.24) is 0 Å². The first kappa shape index (κ1) is 13.5. The van der Waals surface area contributed by atoms with Crippen molar-refractivity contribution in [3.05, 3.63) is 64.7 Å². The van der Waals surface area contributed by atoms with E-state index < -0.39 is 0 Å². The molecule has 0 aliphatic carbocycles. The number of hydrogen-bond donors (Lipinski definition) is 1. The van der Waals surface area contributed by atoms with E-state index in [1.54, 1.807) is 19.1 Å². The van der Waals surface area contributed by atoms with Crippen LogP contribution in [-0.4, -0.2) is 0 Å². The van der Waals surface area contributed by atoms with Gasteiger partial charge in [0.05, 0.1) is 5.69 Å². The van der Waals surface area contributed by atoms with Crippen LogP contribution in [0, 0.1) is 25.5 Å². The van der Waals surface area contributed by atoms with Crippen LogP contribution >= 0.6 is 0 Å². The summed E-state index contributed by atoms with van der Waals surface area (Å²) in [5.74, 6) is -0.532. The average molecular weight is 261 g/mol. The van der Waals surface area contributed by atoms with Gasteiger partial charge in [0.15, 0.2) is 0 Å². The van der Waals surface area contributed by atoms with E-state index >= 15 is 0 Å². The fourth-order valence-electron chi connectivity index (χ4n) is 1.93. The van der Waals surface area contributed by atoms with Gasteiger partial charge in [-0.25, -0.2) is 8.78 Å². The summed E-state index contributed by atoms with van der Waals surface area (Å²) < 4.78 is 27.2. The first-order valence-corrected chi connectivity index (χ1v) is 6.26. The molecule has 1 unspecified atom stereocenters. The molecule has 0 spiro atoms. The van der Waals surface area contributed by atoms with Crippen molar-refractivity contribution in [2.75, 3.05) is 5.32 Å². The number of nitrogens with one attached hydrogen (secondary N) is 1. The van der Waals surface area contributed by atoms with Crippen molar-refractivity contribution in [2.45, 2.75) is 26.8 Å². The highest BCUT2D eigenvalue weighted by atomic mass is 19.1. The lowest BCUT2D eigenvalue weighted by Gasteiger charge is -2.17. The first-order valence-electron chi connectivity index (χ1n) is 6.26. The second kappa shape index (κ2) is 5.39. The van der Waals surface area contributed by atoms with Gasteiger partial charge in [0.1, 0.15) is 11.6 Å². The molecule has 19 heavy (non-hydrogen) atoms. The predicted molar refractivity (Wildman–Crippen MR) is 74.3 cm³/mol. The predicted octanol–water partition coefficient (Wildman–Crippen LogP) is 4.75. The highest BCUT2D eigenvalue weighted by Gasteiger charge is 2.10. The normalized spacial score (nSPS) is 12.3. The lowest BCUT2D eigenvalue weighted by atomic mass is 10.1. The molecule has 0 saturated heterocycles. The van der Waals surface area contributed by atoms with Crippen molar-refractivity contribution in [3.8, 4) is 0 Å². The van der Waals surface area contributed by atoms with Crippen molar-refractivity contribution >= 4 is 5.69 Å². The molecular formula is C16H17F2N. The van der Waals surface area contributed by atoms with E-state index in [1.807, 2.05) is 26.0 Å². The molecule has 2 aromatic rings. The van der Waals surface area contributed by atoms with Crippen LogP contribution in [0.1, 0.15) is 29.7 Å². The quantitative estimate of drug-likeness (QED) is 0.840. The molecule has 1 nitrogen and oxygen atoms in total. The average Bonchev–Trinajstić information content (AvgIpc) is 2.36. The molecule has 0 aromatic heterocycles. The minimum atomic E-state index is -0.292. The molecule has 2 aromatic carbocycles. The van der Waals surface area contributed by atoms with Crippen molar-refractivity contribution in [3.63, 3.8) is 0 Å². The van der Waals surface area contributed by atoms with Crippen LogP contribution < -0.4 is 5.32 Å². The van der Waals surface area contributed by atoms with Crippen molar-refractivity contribution in [2.24, 2.45) is 0 Å². The first-order chi connectivity index (χ1) is 8.97. The topological polar surface area (TPSA) is 12.0 Å². The SMILES string of the molecule is Cc1ccc(NC(C)c2ccc(C)c(F)c2)c(F)c1. The summed E-state index contributed by atoms with van der Waals surface area (Å²) in [6, 6.07) is 9.92. The molecule has 0 radical (unpaired) electrons. The number of rotatable bonds is 3. The van der Waals surface area contributed by atoms with Gasteiger partial charge in [0.2, 0.25) is 0 Å². The second-order valence-corrected chi connectivity index (χ2v) is 4.86. The third-order valence-electron chi connectivity index (χ3n) is 3.19. The van der Waals surface area contributed by atoms with Crippen molar-refractivity contribution in [1.29, 1.82) is 0 Å². The summed E-state index contributed by atoms with van der Waals surface area (Å²) in [6.07, 6.45) is 0. The smallest absolute Gasteiger partial charge is 0.146 e. The van der Waals surface area contributed by atoms with Gasteiger partial charge in [0, 0.05) is 6.04 Å². The van der Waals surface area contributed by atoms with Crippen LogP contribution in [0.4, 0.5) is 14.5 Å². The monoisotopic (exact) mass is 261 g/mol. The maximum Gasteiger partial charge on any atom is 0.146 e. The Morgan fingerprint density at radius 3 is 2.32 bits per heavy atom. The van der Waals surface area contributed by atoms with E-state index in [0.717, 1.165) is 11.1 Å². The number of hydrogen-bond acceptors (Lipinski definition) is 1. The Balaban J connectivity index is 2.20. The zero-order valence-corrected chi connectivity index (χ0v) is 11.3. The van der Waals surface area contributed by atoms with Crippen LogP contribution in [0.3, 0.4) is 0 Å². The maximum atomic E-state index is 13.7. The summed E-state index contributed by atoms with van der Waals surface area (Å²) in [4.78, 5) is 0. The van der Waals surface area contributed by atoms with E-state index in [4.69, 9.17) is 0 Å². The number of benzene rings is 2. The van der Waals surface area contributed by atoms with Gasteiger partial charge >= 0.3 is 0 Å². The number of aryl methyl sites for hydroxylation is 2. The van der Waals surface area contributed by atoms with E-state index in [1.165, 1.54) is 12.1 Å². The zero-order chi connectivity index (χ0) is 14.0. The molecule has 3 heteroatoms. The molecule has 0 heterocycles. The summed E-state index contributed by atoms with van der Waals surface area (Å²) in [7, 11) is 0. The van der Waals surface area contributed by atoms with Crippen LogP contribution in [-0.2, 0) is 0 Å². The Morgan fingerprint density at radius 2 is 1.68 bits per heavy atom. The Labute approximate surface area is 112 Å².